The Hall–Kier alpha value is -7.13. The first-order valence-electron chi connectivity index (χ1n) is 16.3. The number of carbonyl (C=O) groups excluding carboxylic acids is 4. The fourth-order valence-electron chi connectivity index (χ4n) is 7.40. The second kappa shape index (κ2) is 12.0. The van der Waals surface area contributed by atoms with Crippen molar-refractivity contribution in [3.05, 3.63) is 129 Å². The van der Waals surface area contributed by atoms with Crippen molar-refractivity contribution >= 4 is 90.4 Å². The van der Waals surface area contributed by atoms with Crippen LogP contribution in [0, 0.1) is 11.3 Å². The van der Waals surface area contributed by atoms with Crippen LogP contribution in [0.5, 0.6) is 11.5 Å². The second-order valence-electron chi connectivity index (χ2n) is 12.8. The molecule has 0 aliphatic carbocycles. The summed E-state index contributed by atoms with van der Waals surface area (Å²) in [5.74, 6) is -1.76. The number of carbonyl (C=O) groups is 4. The molecular weight excluding hydrogens is 729 g/mol. The van der Waals surface area contributed by atoms with Gasteiger partial charge in [-0.2, -0.15) is 5.26 Å². The first-order chi connectivity index (χ1) is 26.0. The Labute approximate surface area is 313 Å². The SMILES string of the molecule is N#Cc1cccc(-c2cc3[nH]c4ccc(O)cc4c3c3c2C(=O)NC3=O)c1.O=C1NC(=O)c2c1c(-c1cccc(Cl)c1Cl)cc1[nH]c3ccc(O)cc3c21. The minimum Gasteiger partial charge on any atom is -0.508 e. The van der Waals surface area contributed by atoms with Crippen molar-refractivity contribution in [2.24, 2.45) is 0 Å². The van der Waals surface area contributed by atoms with Gasteiger partial charge in [-0.05, 0) is 83.4 Å². The molecule has 13 heteroatoms. The van der Waals surface area contributed by atoms with Gasteiger partial charge in [0.15, 0.2) is 0 Å². The van der Waals surface area contributed by atoms with Crippen LogP contribution >= 0.6 is 23.2 Å². The zero-order valence-corrected chi connectivity index (χ0v) is 28.9. The summed E-state index contributed by atoms with van der Waals surface area (Å²) in [7, 11) is 0. The summed E-state index contributed by atoms with van der Waals surface area (Å²) < 4.78 is 0. The summed E-state index contributed by atoms with van der Waals surface area (Å²) in [6.07, 6.45) is 0. The van der Waals surface area contributed by atoms with Crippen molar-refractivity contribution in [3.63, 3.8) is 0 Å². The zero-order chi connectivity index (χ0) is 37.6. The van der Waals surface area contributed by atoms with E-state index in [-0.39, 0.29) is 33.8 Å². The molecule has 260 valence electrons. The molecule has 6 N–H and O–H groups in total. The van der Waals surface area contributed by atoms with Gasteiger partial charge in [-0.1, -0.05) is 47.5 Å². The molecule has 4 amide bonds. The average Bonchev–Trinajstić information content (AvgIpc) is 3.88. The largest absolute Gasteiger partial charge is 0.508 e. The number of hydrogen-bond donors (Lipinski definition) is 6. The van der Waals surface area contributed by atoms with Crippen molar-refractivity contribution in [3.8, 4) is 39.8 Å². The van der Waals surface area contributed by atoms with E-state index in [1.165, 1.54) is 0 Å². The summed E-state index contributed by atoms with van der Waals surface area (Å²) >= 11 is 12.5. The van der Waals surface area contributed by atoms with Crippen LogP contribution in [0.15, 0.2) is 91.0 Å². The summed E-state index contributed by atoms with van der Waals surface area (Å²) in [6, 6.07) is 27.4. The normalized spacial score (nSPS) is 13.2. The van der Waals surface area contributed by atoms with Crippen LogP contribution in [-0.2, 0) is 0 Å². The molecule has 0 fully saturated rings. The number of fused-ring (bicyclic) bond motifs is 10. The molecule has 0 saturated carbocycles. The van der Waals surface area contributed by atoms with Crippen LogP contribution < -0.4 is 10.6 Å². The number of aromatic amines is 2. The Bertz CT molecular complexity index is 3100. The molecule has 2 aromatic heterocycles. The van der Waals surface area contributed by atoms with Gasteiger partial charge in [0.25, 0.3) is 23.6 Å². The number of hydrogen-bond acceptors (Lipinski definition) is 7. The lowest BCUT2D eigenvalue weighted by Crippen LogP contribution is -2.20. The van der Waals surface area contributed by atoms with E-state index in [4.69, 9.17) is 23.2 Å². The maximum Gasteiger partial charge on any atom is 0.259 e. The van der Waals surface area contributed by atoms with Crippen LogP contribution in [0.3, 0.4) is 0 Å². The maximum atomic E-state index is 12.6. The first-order valence-corrected chi connectivity index (χ1v) is 17.1. The van der Waals surface area contributed by atoms with Crippen LogP contribution in [0.4, 0.5) is 0 Å². The number of imide groups is 2. The number of nitrogens with zero attached hydrogens (tertiary/aromatic N) is 1. The summed E-state index contributed by atoms with van der Waals surface area (Å²) in [6.45, 7) is 0. The highest BCUT2D eigenvalue weighted by molar-refractivity contribution is 6.44. The number of amides is 4. The Morgan fingerprint density at radius 2 is 1.06 bits per heavy atom. The van der Waals surface area contributed by atoms with Gasteiger partial charge in [0.1, 0.15) is 11.5 Å². The number of phenolic OH excluding ortho intramolecular Hbond substituents is 2. The number of aromatic hydroxyl groups is 2. The Kier molecular flexibility index (Phi) is 7.26. The summed E-state index contributed by atoms with van der Waals surface area (Å²) in [4.78, 5) is 56.7. The van der Waals surface area contributed by atoms with Crippen molar-refractivity contribution in [2.75, 3.05) is 0 Å². The van der Waals surface area contributed by atoms with E-state index in [2.05, 4.69) is 26.7 Å². The lowest BCUT2D eigenvalue weighted by Gasteiger charge is -2.10. The second-order valence-corrected chi connectivity index (χ2v) is 13.5. The number of aromatic nitrogens is 2. The lowest BCUT2D eigenvalue weighted by molar-refractivity contribution is 0.0863. The predicted molar refractivity (Wildman–Crippen MR) is 204 cm³/mol. The highest BCUT2D eigenvalue weighted by Gasteiger charge is 2.35. The first kappa shape index (κ1) is 32.8. The third-order valence-electron chi connectivity index (χ3n) is 9.65. The minimum absolute atomic E-state index is 0.0730. The molecule has 0 saturated heterocycles. The molecule has 10 rings (SSSR count). The fraction of sp³-hybridized carbons (Fsp3) is 0. The van der Waals surface area contributed by atoms with E-state index in [0.29, 0.717) is 70.4 Å². The fourth-order valence-corrected chi connectivity index (χ4v) is 7.80. The predicted octanol–water partition coefficient (Wildman–Crippen LogP) is 8.33. The van der Waals surface area contributed by atoms with Gasteiger partial charge in [-0.3, -0.25) is 29.8 Å². The third kappa shape index (κ3) is 4.89. The molecule has 2 aliphatic heterocycles. The van der Waals surface area contributed by atoms with Gasteiger partial charge in [-0.25, -0.2) is 0 Å². The molecule has 0 atom stereocenters. The Morgan fingerprint density at radius 3 is 1.63 bits per heavy atom. The number of rotatable bonds is 2. The highest BCUT2D eigenvalue weighted by Crippen LogP contribution is 2.43. The molecule has 4 heterocycles. The summed E-state index contributed by atoms with van der Waals surface area (Å²) in [5, 5.41) is 36.8. The number of nitriles is 1. The Morgan fingerprint density at radius 1 is 0.537 bits per heavy atom. The lowest BCUT2D eigenvalue weighted by atomic mass is 9.92. The summed E-state index contributed by atoms with van der Waals surface area (Å²) in [5.41, 5.74) is 6.71. The number of halogens is 2. The van der Waals surface area contributed by atoms with E-state index in [1.54, 1.807) is 91.0 Å². The van der Waals surface area contributed by atoms with Gasteiger partial charge in [0.05, 0.1) is 43.9 Å². The number of phenols is 2. The molecular formula is C41H21Cl2N5O6. The molecule has 2 aliphatic rings. The number of nitrogens with one attached hydrogen (secondary N) is 4. The Balaban J connectivity index is 0.000000142. The standard InChI is InChI=1S/C21H11N3O3.C20H10Cl2N2O3/c22-9-10-2-1-3-11(6-10)13-8-16-17(19-18(13)20(26)24-21(19)27)14-7-12(25)4-5-15(14)23-16;21-12-3-1-2-9(18(12)22)10-7-14-15(17-16(10)19(26)24-20(17)27)11-6-8(25)4-5-13(11)23-14/h1-8,23,25H,(H,24,26,27);1-7,23,25H,(H,24,26,27). The molecule has 0 spiro atoms. The van der Waals surface area contributed by atoms with Crippen LogP contribution in [0.1, 0.15) is 47.0 Å². The molecule has 0 bridgehead atoms. The third-order valence-corrected chi connectivity index (χ3v) is 10.5. The molecule has 8 aromatic rings. The van der Waals surface area contributed by atoms with Crippen LogP contribution in [0.2, 0.25) is 10.0 Å². The smallest absolute Gasteiger partial charge is 0.259 e. The van der Waals surface area contributed by atoms with Crippen molar-refractivity contribution in [2.45, 2.75) is 0 Å². The van der Waals surface area contributed by atoms with Crippen molar-refractivity contribution in [1.82, 2.24) is 20.6 Å². The monoisotopic (exact) mass is 749 g/mol. The molecule has 11 nitrogen and oxygen atoms in total. The van der Waals surface area contributed by atoms with E-state index in [1.807, 2.05) is 0 Å². The van der Waals surface area contributed by atoms with Crippen LogP contribution in [-0.4, -0.2) is 43.8 Å². The van der Waals surface area contributed by atoms with Crippen molar-refractivity contribution in [1.29, 1.82) is 5.26 Å². The quantitative estimate of drug-likeness (QED) is 0.0958. The van der Waals surface area contributed by atoms with Crippen LogP contribution in [0.25, 0.3) is 65.9 Å². The van der Waals surface area contributed by atoms with E-state index in [9.17, 15) is 34.7 Å². The van der Waals surface area contributed by atoms with E-state index < -0.39 is 23.6 Å². The number of benzene rings is 6. The van der Waals surface area contributed by atoms with Gasteiger partial charge < -0.3 is 20.2 Å². The highest BCUT2D eigenvalue weighted by atomic mass is 35.5. The van der Waals surface area contributed by atoms with E-state index in [0.717, 1.165) is 11.0 Å². The van der Waals surface area contributed by atoms with Gasteiger partial charge >= 0.3 is 0 Å². The van der Waals surface area contributed by atoms with Gasteiger partial charge in [0, 0.05) is 49.2 Å². The topological polar surface area (TPSA) is 188 Å². The molecule has 6 aromatic carbocycles. The zero-order valence-electron chi connectivity index (χ0n) is 27.4. The minimum atomic E-state index is -0.488. The van der Waals surface area contributed by atoms with Gasteiger partial charge in [-0.15, -0.1) is 0 Å². The molecule has 54 heavy (non-hydrogen) atoms. The molecule has 0 unspecified atom stereocenters. The van der Waals surface area contributed by atoms with Gasteiger partial charge in [0.2, 0.25) is 0 Å². The van der Waals surface area contributed by atoms with Crippen molar-refractivity contribution < 1.29 is 29.4 Å². The van der Waals surface area contributed by atoms with E-state index >= 15 is 0 Å². The number of H-pyrrole nitrogens is 2. The maximum absolute atomic E-state index is 12.6. The average molecular weight is 751 g/mol. The molecule has 0 radical (unpaired) electrons.